The first-order valence-electron chi connectivity index (χ1n) is 6.39. The van der Waals surface area contributed by atoms with Crippen LogP contribution < -0.4 is 10.7 Å². The molecule has 7 heteroatoms. The predicted octanol–water partition coefficient (Wildman–Crippen LogP) is 1.61. The van der Waals surface area contributed by atoms with E-state index in [1.807, 2.05) is 30.3 Å². The van der Waals surface area contributed by atoms with Crippen molar-refractivity contribution in [2.45, 2.75) is 12.1 Å². The molecule has 1 heterocycles. The third kappa shape index (κ3) is 3.63. The number of rotatable bonds is 6. The zero-order valence-corrected chi connectivity index (χ0v) is 12.6. The number of nitrogen functional groups attached to an aromatic ring is 1. The van der Waals surface area contributed by atoms with E-state index >= 15 is 0 Å². The molecule has 0 spiro atoms. The van der Waals surface area contributed by atoms with Crippen molar-refractivity contribution >= 4 is 23.4 Å². The van der Waals surface area contributed by atoms with Crippen LogP contribution in [0, 0.1) is 6.92 Å². The summed E-state index contributed by atoms with van der Waals surface area (Å²) >= 11 is 1.26. The van der Waals surface area contributed by atoms with Gasteiger partial charge in [-0.05, 0) is 19.1 Å². The summed E-state index contributed by atoms with van der Waals surface area (Å²) < 4.78 is 1.37. The molecule has 1 aromatic carbocycles. The van der Waals surface area contributed by atoms with Gasteiger partial charge >= 0.3 is 0 Å². The number of anilines is 1. The first-order chi connectivity index (χ1) is 10.1. The Morgan fingerprint density at radius 3 is 2.71 bits per heavy atom. The Balaban J connectivity index is 2.06. The van der Waals surface area contributed by atoms with Gasteiger partial charge in [0.15, 0.2) is 0 Å². The Morgan fingerprint density at radius 2 is 2.14 bits per heavy atom. The summed E-state index contributed by atoms with van der Waals surface area (Å²) in [5.41, 5.74) is 0.841. The van der Waals surface area contributed by atoms with Crippen LogP contribution in [0.5, 0.6) is 0 Å². The van der Waals surface area contributed by atoms with Gasteiger partial charge in [-0.3, -0.25) is 4.79 Å². The fourth-order valence-corrected chi connectivity index (χ4v) is 2.52. The number of aromatic nitrogens is 3. The van der Waals surface area contributed by atoms with Gasteiger partial charge < -0.3 is 10.7 Å². The number of hydrogen-bond donors (Lipinski definition) is 1. The van der Waals surface area contributed by atoms with Gasteiger partial charge in [0.05, 0.1) is 5.75 Å². The number of carbonyl (C=O) groups excluding carboxylic acids is 1. The van der Waals surface area contributed by atoms with E-state index in [1.54, 1.807) is 17.9 Å². The van der Waals surface area contributed by atoms with Crippen LogP contribution >= 0.6 is 11.8 Å². The highest BCUT2D eigenvalue weighted by Gasteiger charge is 2.16. The molecule has 2 rings (SSSR count). The number of hydrogen-bond acceptors (Lipinski definition) is 5. The predicted molar refractivity (Wildman–Crippen MR) is 84.6 cm³/mol. The molecular formula is C14H17N5OS. The topological polar surface area (TPSA) is 77.0 Å². The lowest BCUT2D eigenvalue weighted by Crippen LogP contribution is -2.32. The normalized spacial score (nSPS) is 10.3. The zero-order valence-electron chi connectivity index (χ0n) is 11.8. The maximum atomic E-state index is 12.4. The SMILES string of the molecule is C=CCN(C(=O)CSc1nnc(C)n1N)c1ccccc1. The lowest BCUT2D eigenvalue weighted by molar-refractivity contribution is -0.116. The summed E-state index contributed by atoms with van der Waals surface area (Å²) in [6.45, 7) is 5.91. The van der Waals surface area contributed by atoms with Crippen LogP contribution in [0.4, 0.5) is 5.69 Å². The first kappa shape index (κ1) is 15.1. The van der Waals surface area contributed by atoms with Crippen LogP contribution in [0.2, 0.25) is 0 Å². The van der Waals surface area contributed by atoms with Crippen LogP contribution in [0.15, 0.2) is 48.1 Å². The number of carbonyl (C=O) groups is 1. The minimum absolute atomic E-state index is 0.0354. The molecule has 0 fully saturated rings. The summed E-state index contributed by atoms with van der Waals surface area (Å²) in [5.74, 6) is 6.57. The lowest BCUT2D eigenvalue weighted by atomic mass is 10.3. The van der Waals surface area contributed by atoms with Crippen LogP contribution in [0.3, 0.4) is 0 Å². The van der Waals surface area contributed by atoms with Crippen LogP contribution in [0.25, 0.3) is 0 Å². The average molecular weight is 303 g/mol. The van der Waals surface area contributed by atoms with Crippen molar-refractivity contribution in [3.8, 4) is 0 Å². The third-order valence-electron chi connectivity index (χ3n) is 2.84. The number of thioether (sulfide) groups is 1. The summed E-state index contributed by atoms with van der Waals surface area (Å²) in [6, 6.07) is 9.48. The van der Waals surface area contributed by atoms with Crippen LogP contribution in [-0.4, -0.2) is 33.1 Å². The number of para-hydroxylation sites is 1. The van der Waals surface area contributed by atoms with Crippen molar-refractivity contribution in [2.24, 2.45) is 0 Å². The fraction of sp³-hybridized carbons (Fsp3) is 0.214. The van der Waals surface area contributed by atoms with E-state index in [0.29, 0.717) is 17.5 Å². The van der Waals surface area contributed by atoms with Gasteiger partial charge in [0, 0.05) is 12.2 Å². The molecule has 0 radical (unpaired) electrons. The number of benzene rings is 1. The molecule has 110 valence electrons. The maximum Gasteiger partial charge on any atom is 0.237 e. The monoisotopic (exact) mass is 303 g/mol. The van der Waals surface area contributed by atoms with Gasteiger partial charge in [-0.25, -0.2) is 4.68 Å². The van der Waals surface area contributed by atoms with Gasteiger partial charge in [0.2, 0.25) is 11.1 Å². The Bertz CT molecular complexity index is 626. The third-order valence-corrected chi connectivity index (χ3v) is 3.77. The molecular weight excluding hydrogens is 286 g/mol. The summed E-state index contributed by atoms with van der Waals surface area (Å²) in [6.07, 6.45) is 1.70. The van der Waals surface area contributed by atoms with E-state index in [9.17, 15) is 4.79 Å². The Kier molecular flexibility index (Phi) is 4.99. The van der Waals surface area contributed by atoms with Crippen molar-refractivity contribution in [3.05, 3.63) is 48.8 Å². The molecule has 1 amide bonds. The number of nitrogens with zero attached hydrogens (tertiary/aromatic N) is 4. The van der Waals surface area contributed by atoms with Crippen molar-refractivity contribution < 1.29 is 4.79 Å². The van der Waals surface area contributed by atoms with E-state index in [-0.39, 0.29) is 11.7 Å². The first-order valence-corrected chi connectivity index (χ1v) is 7.38. The van der Waals surface area contributed by atoms with E-state index in [1.165, 1.54) is 16.4 Å². The number of amides is 1. The summed E-state index contributed by atoms with van der Waals surface area (Å²) in [7, 11) is 0. The van der Waals surface area contributed by atoms with Crippen LogP contribution in [0.1, 0.15) is 5.82 Å². The fourth-order valence-electron chi connectivity index (χ4n) is 1.74. The number of aryl methyl sites for hydroxylation is 1. The molecule has 2 N–H and O–H groups in total. The molecule has 0 atom stereocenters. The Labute approximate surface area is 127 Å². The second-order valence-corrected chi connectivity index (χ2v) is 5.26. The van der Waals surface area contributed by atoms with Gasteiger partial charge in [-0.2, -0.15) is 0 Å². The second kappa shape index (κ2) is 6.94. The molecule has 21 heavy (non-hydrogen) atoms. The standard InChI is InChI=1S/C14H17N5OS/c1-3-9-18(12-7-5-4-6-8-12)13(20)10-21-14-17-16-11(2)19(14)15/h3-8H,1,9-10,15H2,2H3. The molecule has 0 unspecified atom stereocenters. The second-order valence-electron chi connectivity index (χ2n) is 4.32. The highest BCUT2D eigenvalue weighted by atomic mass is 32.2. The van der Waals surface area contributed by atoms with Crippen molar-refractivity contribution in [1.82, 2.24) is 14.9 Å². The van der Waals surface area contributed by atoms with E-state index in [4.69, 9.17) is 5.84 Å². The highest BCUT2D eigenvalue weighted by Crippen LogP contribution is 2.18. The minimum Gasteiger partial charge on any atom is -0.336 e. The van der Waals surface area contributed by atoms with Crippen LogP contribution in [-0.2, 0) is 4.79 Å². The highest BCUT2D eigenvalue weighted by molar-refractivity contribution is 7.99. The van der Waals surface area contributed by atoms with E-state index in [2.05, 4.69) is 16.8 Å². The molecule has 6 nitrogen and oxygen atoms in total. The summed E-state index contributed by atoms with van der Waals surface area (Å²) in [5, 5.41) is 8.31. The Morgan fingerprint density at radius 1 is 1.43 bits per heavy atom. The van der Waals surface area contributed by atoms with Gasteiger partial charge in [-0.15, -0.1) is 16.8 Å². The largest absolute Gasteiger partial charge is 0.336 e. The molecule has 1 aromatic heterocycles. The zero-order chi connectivity index (χ0) is 15.2. The molecule has 0 bridgehead atoms. The molecule has 0 aliphatic heterocycles. The molecule has 0 aliphatic carbocycles. The average Bonchev–Trinajstić information content (AvgIpc) is 2.83. The molecule has 0 saturated heterocycles. The van der Waals surface area contributed by atoms with E-state index < -0.39 is 0 Å². The quantitative estimate of drug-likeness (QED) is 0.498. The van der Waals surface area contributed by atoms with Gasteiger partial charge in [0.25, 0.3) is 0 Å². The van der Waals surface area contributed by atoms with Crippen molar-refractivity contribution in [1.29, 1.82) is 0 Å². The summed E-state index contributed by atoms with van der Waals surface area (Å²) in [4.78, 5) is 14.1. The minimum atomic E-state index is -0.0354. The molecule has 2 aromatic rings. The maximum absolute atomic E-state index is 12.4. The van der Waals surface area contributed by atoms with Gasteiger partial charge in [0.1, 0.15) is 5.82 Å². The smallest absolute Gasteiger partial charge is 0.237 e. The molecule has 0 aliphatic rings. The van der Waals surface area contributed by atoms with Crippen molar-refractivity contribution in [2.75, 3.05) is 23.0 Å². The Hall–Kier alpha value is -2.28. The molecule has 0 saturated carbocycles. The lowest BCUT2D eigenvalue weighted by Gasteiger charge is -2.20. The van der Waals surface area contributed by atoms with Gasteiger partial charge in [-0.1, -0.05) is 36.0 Å². The number of nitrogens with two attached hydrogens (primary N) is 1. The van der Waals surface area contributed by atoms with Crippen molar-refractivity contribution in [3.63, 3.8) is 0 Å². The van der Waals surface area contributed by atoms with E-state index in [0.717, 1.165) is 5.69 Å².